The number of hydrogen-bond acceptors (Lipinski definition) is 5. The van der Waals surface area contributed by atoms with Crippen molar-refractivity contribution in [3.05, 3.63) is 22.5 Å². The first-order valence-electron chi connectivity index (χ1n) is 7.31. The number of carbonyl (C=O) groups excluding carboxylic acids is 1. The van der Waals surface area contributed by atoms with Gasteiger partial charge in [-0.2, -0.15) is 0 Å². The molecule has 1 N–H and O–H groups in total. The van der Waals surface area contributed by atoms with E-state index in [0.29, 0.717) is 11.3 Å². The van der Waals surface area contributed by atoms with E-state index in [9.17, 15) is 9.90 Å². The van der Waals surface area contributed by atoms with Gasteiger partial charge in [0.05, 0.1) is 17.5 Å². The number of anilines is 1. The summed E-state index contributed by atoms with van der Waals surface area (Å²) >= 11 is 0. The molecule has 1 aromatic heterocycles. The summed E-state index contributed by atoms with van der Waals surface area (Å²) in [6.07, 6.45) is 1.02. The summed E-state index contributed by atoms with van der Waals surface area (Å²) in [6.45, 7) is 4.64. The summed E-state index contributed by atoms with van der Waals surface area (Å²) in [6, 6.07) is 0. The largest absolute Gasteiger partial charge is 0.504 e. The van der Waals surface area contributed by atoms with Crippen LogP contribution < -0.4 is 4.90 Å². The van der Waals surface area contributed by atoms with Crippen LogP contribution in [0.4, 0.5) is 5.69 Å². The molecule has 0 aliphatic heterocycles. The molecule has 0 aliphatic rings. The monoisotopic (exact) mass is 304 g/mol. The summed E-state index contributed by atoms with van der Waals surface area (Å²) in [5.41, 5.74) is 4.35. The van der Waals surface area contributed by atoms with Crippen LogP contribution in [0.25, 0.3) is 11.0 Å². The average Bonchev–Trinajstić information content (AvgIpc) is 2.81. The van der Waals surface area contributed by atoms with Gasteiger partial charge >= 0.3 is 0 Å². The van der Waals surface area contributed by atoms with E-state index in [0.717, 1.165) is 40.6 Å². The van der Waals surface area contributed by atoms with Gasteiger partial charge in [0.25, 0.3) is 0 Å². The van der Waals surface area contributed by atoms with Crippen molar-refractivity contribution in [1.29, 1.82) is 0 Å². The molecule has 0 radical (unpaired) electrons. The molecule has 0 spiro atoms. The number of aldehydes is 1. The minimum atomic E-state index is 0.162. The van der Waals surface area contributed by atoms with Crippen LogP contribution in [0.5, 0.6) is 5.75 Å². The molecule has 0 amide bonds. The van der Waals surface area contributed by atoms with Crippen molar-refractivity contribution < 1.29 is 14.3 Å². The van der Waals surface area contributed by atoms with Gasteiger partial charge in [0.1, 0.15) is 12.0 Å². The Bertz CT molecular complexity index is 715. The quantitative estimate of drug-likeness (QED) is 0.861. The van der Waals surface area contributed by atoms with Gasteiger partial charge < -0.3 is 24.1 Å². The van der Waals surface area contributed by atoms with Crippen LogP contribution >= 0.6 is 0 Å². The average molecular weight is 304 g/mol. The first-order chi connectivity index (χ1) is 10.3. The molecule has 0 aliphatic carbocycles. The van der Waals surface area contributed by atoms with Crippen LogP contribution in [0.3, 0.4) is 0 Å². The van der Waals surface area contributed by atoms with Crippen LogP contribution in [0, 0.1) is 13.8 Å². The van der Waals surface area contributed by atoms with E-state index in [1.54, 1.807) is 0 Å². The summed E-state index contributed by atoms with van der Waals surface area (Å²) in [5, 5.41) is 11.4. The van der Waals surface area contributed by atoms with Crippen molar-refractivity contribution in [1.82, 2.24) is 4.90 Å². The van der Waals surface area contributed by atoms with Gasteiger partial charge in [0.2, 0.25) is 0 Å². The predicted molar refractivity (Wildman–Crippen MR) is 88.8 cm³/mol. The number of furan rings is 1. The minimum Gasteiger partial charge on any atom is -0.504 e. The van der Waals surface area contributed by atoms with Crippen molar-refractivity contribution in [3.63, 3.8) is 0 Å². The van der Waals surface area contributed by atoms with E-state index in [1.165, 1.54) is 0 Å². The van der Waals surface area contributed by atoms with Crippen molar-refractivity contribution in [2.45, 2.75) is 26.8 Å². The fourth-order valence-electron chi connectivity index (χ4n) is 2.88. The predicted octanol–water partition coefficient (Wildman–Crippen LogP) is 2.62. The lowest BCUT2D eigenvalue weighted by Gasteiger charge is -2.19. The number of hydrogen-bond donors (Lipinski definition) is 1. The highest BCUT2D eigenvalue weighted by molar-refractivity contribution is 6.00. The fraction of sp³-hybridized carbons (Fsp3) is 0.471. The summed E-state index contributed by atoms with van der Waals surface area (Å²) in [4.78, 5) is 15.0. The maximum atomic E-state index is 11.0. The van der Waals surface area contributed by atoms with E-state index in [1.807, 2.05) is 46.9 Å². The Hall–Kier alpha value is -2.01. The lowest BCUT2D eigenvalue weighted by Crippen LogP contribution is -2.15. The molecule has 5 heteroatoms. The van der Waals surface area contributed by atoms with Crippen LogP contribution in [0.15, 0.2) is 4.42 Å². The Morgan fingerprint density at radius 1 is 1.14 bits per heavy atom. The second-order valence-corrected chi connectivity index (χ2v) is 6.16. The Labute approximate surface area is 131 Å². The van der Waals surface area contributed by atoms with Crippen molar-refractivity contribution in [2.75, 3.05) is 33.1 Å². The molecule has 0 saturated heterocycles. The molecule has 2 aromatic rings. The number of benzene rings is 1. The maximum absolute atomic E-state index is 11.0. The highest BCUT2D eigenvalue weighted by atomic mass is 16.4. The van der Waals surface area contributed by atoms with Crippen molar-refractivity contribution in [3.8, 4) is 5.75 Å². The molecular formula is C17H24N2O3. The zero-order chi connectivity index (χ0) is 16.6. The normalized spacial score (nSPS) is 11.4. The number of phenolic OH excluding ortho intramolecular Hbond substituents is 1. The third-order valence-corrected chi connectivity index (χ3v) is 4.03. The Morgan fingerprint density at radius 3 is 2.27 bits per heavy atom. The third-order valence-electron chi connectivity index (χ3n) is 4.03. The number of rotatable bonds is 5. The first-order valence-corrected chi connectivity index (χ1v) is 7.31. The molecule has 22 heavy (non-hydrogen) atoms. The lowest BCUT2D eigenvalue weighted by atomic mass is 9.96. The van der Waals surface area contributed by atoms with Crippen LogP contribution in [0.1, 0.15) is 22.5 Å². The van der Waals surface area contributed by atoms with E-state index < -0.39 is 0 Å². The van der Waals surface area contributed by atoms with Crippen LogP contribution in [-0.4, -0.2) is 44.5 Å². The van der Waals surface area contributed by atoms with E-state index in [2.05, 4.69) is 4.90 Å². The Kier molecular flexibility index (Phi) is 4.47. The number of aromatic hydroxyl groups is 1. The van der Waals surface area contributed by atoms with Gasteiger partial charge in [-0.05, 0) is 44.6 Å². The van der Waals surface area contributed by atoms with Gasteiger partial charge in [-0.1, -0.05) is 0 Å². The second-order valence-electron chi connectivity index (χ2n) is 6.16. The van der Waals surface area contributed by atoms with Gasteiger partial charge in [-0.15, -0.1) is 0 Å². The van der Waals surface area contributed by atoms with E-state index in [4.69, 9.17) is 4.42 Å². The molecule has 0 saturated carbocycles. The van der Waals surface area contributed by atoms with Gasteiger partial charge in [0, 0.05) is 20.6 Å². The first kappa shape index (κ1) is 16.4. The molecule has 120 valence electrons. The molecule has 0 bridgehead atoms. The number of carbonyl (C=O) groups is 1. The topological polar surface area (TPSA) is 56.9 Å². The summed E-state index contributed by atoms with van der Waals surface area (Å²) in [7, 11) is 7.86. The molecule has 1 heterocycles. The van der Waals surface area contributed by atoms with Crippen LogP contribution in [-0.2, 0) is 17.8 Å². The standard InChI is InChI=1S/C17H24N2O3/c1-10-11(2)16(21)17-14(12(10)9-18(3)4)15(19(5)6)13(22-17)7-8-20/h8,21H,7,9H2,1-6H3. The number of nitrogens with zero attached hydrogens (tertiary/aromatic N) is 2. The fourth-order valence-corrected chi connectivity index (χ4v) is 2.88. The van der Waals surface area contributed by atoms with Gasteiger partial charge in [-0.25, -0.2) is 0 Å². The zero-order valence-corrected chi connectivity index (χ0v) is 14.1. The number of fused-ring (bicyclic) bond motifs is 1. The molecule has 0 unspecified atom stereocenters. The Morgan fingerprint density at radius 2 is 1.77 bits per heavy atom. The van der Waals surface area contributed by atoms with Crippen molar-refractivity contribution >= 4 is 22.9 Å². The van der Waals surface area contributed by atoms with Crippen LogP contribution in [0.2, 0.25) is 0 Å². The van der Waals surface area contributed by atoms with E-state index >= 15 is 0 Å². The molecule has 0 fully saturated rings. The minimum absolute atomic E-state index is 0.162. The summed E-state index contributed by atoms with van der Waals surface area (Å²) < 4.78 is 5.85. The summed E-state index contributed by atoms with van der Waals surface area (Å²) in [5.74, 6) is 0.755. The lowest BCUT2D eigenvalue weighted by molar-refractivity contribution is -0.107. The third kappa shape index (κ3) is 2.57. The van der Waals surface area contributed by atoms with E-state index in [-0.39, 0.29) is 12.2 Å². The zero-order valence-electron chi connectivity index (χ0n) is 14.1. The molecule has 2 rings (SSSR count). The molecule has 0 atom stereocenters. The molecule has 5 nitrogen and oxygen atoms in total. The van der Waals surface area contributed by atoms with Gasteiger partial charge in [0.15, 0.2) is 11.3 Å². The van der Waals surface area contributed by atoms with Gasteiger partial charge in [-0.3, -0.25) is 0 Å². The molecule has 1 aromatic carbocycles. The SMILES string of the molecule is Cc1c(C)c(CN(C)C)c2c(N(C)C)c(CC=O)oc2c1O. The smallest absolute Gasteiger partial charge is 0.178 e. The highest BCUT2D eigenvalue weighted by Crippen LogP contribution is 2.43. The highest BCUT2D eigenvalue weighted by Gasteiger charge is 2.24. The number of phenols is 1. The second kappa shape index (κ2) is 6.01. The Balaban J connectivity index is 2.93. The maximum Gasteiger partial charge on any atom is 0.178 e. The van der Waals surface area contributed by atoms with Crippen molar-refractivity contribution in [2.24, 2.45) is 0 Å². The molecular weight excluding hydrogens is 280 g/mol.